The number of hydrogen-bond donors (Lipinski definition) is 0. The van der Waals surface area contributed by atoms with E-state index in [1.54, 1.807) is 25.7 Å². The van der Waals surface area contributed by atoms with Gasteiger partial charge >= 0.3 is 0 Å². The smallest absolute Gasteiger partial charge is 0.00932 e. The van der Waals surface area contributed by atoms with E-state index < -0.39 is 0 Å². The third-order valence-electron chi connectivity index (χ3n) is 60.4. The lowest BCUT2D eigenvalue weighted by atomic mass is 8.61. The van der Waals surface area contributed by atoms with Crippen molar-refractivity contribution >= 4 is 0 Å². The van der Waals surface area contributed by atoms with Crippen molar-refractivity contribution in [3.8, 4) is 0 Å². The summed E-state index contributed by atoms with van der Waals surface area (Å²) in [5.41, 5.74) is 25.1. The Morgan fingerprint density at radius 2 is 0.227 bits per heavy atom. The maximum absolute atomic E-state index is 1.77. The molecule has 0 N–H and O–H groups in total. The Morgan fingerprint density at radius 3 is 0.347 bits per heavy atom. The minimum absolute atomic E-state index is 1.07. The first-order chi connectivity index (χ1) is 37.3. The van der Waals surface area contributed by atoms with E-state index in [9.17, 15) is 0 Å². The van der Waals surface area contributed by atoms with Crippen LogP contribution in [0, 0.1) is 409 Å². The third-order valence-corrected chi connectivity index (χ3v) is 60.4. The molecule has 0 aliphatic heterocycles. The molecule has 0 nitrogen and oxygen atoms in total. The topological polar surface area (TPSA) is 0 Å². The Bertz CT molecular complexity index is 4150. The Kier molecular flexibility index (Phi) is 1.77. The SMILES string of the molecule is C1C2CC3C4C5C6C7C8C9C%10C%11C%12C%13C%14C%15C%16C%17C%18C%19C%20C%21C%22C%23C%24C%25CC%26CC%27C%28C%29C%30C%31C%32C%33C%34C%35C%36C%37C%38C%39C%40C%41C%42C%43C%44C%45C%46C%47C%48C1C23C%484C%475C%466C%457C%448C%439C%42%10C%41%11C%40%12C%39%13C%38%14C%37%15C%36%16C%35%17C%34%18C%33%19C%32%20C%31%21C%30%22C%29%23C%28%24C%26%27%25. The van der Waals surface area contributed by atoms with E-state index in [1.807, 2.05) is 0 Å². The lowest BCUT2D eigenvalue weighted by Gasteiger charge is -3.42. The van der Waals surface area contributed by atoms with Gasteiger partial charge in [-0.15, -0.1) is 0 Å². The molecular formula is C75H56. The molecule has 75 heavy (non-hydrogen) atoms. The fourth-order valence-electron chi connectivity index (χ4n) is 72.1. The Balaban J connectivity index is 0.461. The monoisotopic (exact) mass is 956 g/mol. The highest BCUT2D eigenvalue weighted by molar-refractivity contribution is 5.89. The van der Waals surface area contributed by atoms with E-state index in [0.29, 0.717) is 0 Å². The Hall–Kier alpha value is 0. The second-order valence-electron chi connectivity index (χ2n) is 47.0. The second-order valence-corrected chi connectivity index (χ2v) is 47.0. The van der Waals surface area contributed by atoms with Gasteiger partial charge in [0.05, 0.1) is 0 Å². The van der Waals surface area contributed by atoms with Crippen molar-refractivity contribution in [1.82, 2.24) is 0 Å². The quantitative estimate of drug-likeness (QED) is 0.237. The van der Waals surface area contributed by atoms with Crippen LogP contribution in [0.5, 0.6) is 0 Å². The molecule has 0 amide bonds. The zero-order valence-corrected chi connectivity index (χ0v) is 42.0. The molecule has 48 rings (SSSR count). The summed E-state index contributed by atoms with van der Waals surface area (Å²) in [7, 11) is 0. The first-order valence-corrected chi connectivity index (χ1v) is 37.3. The van der Waals surface area contributed by atoms with Crippen LogP contribution in [0.4, 0.5) is 0 Å². The van der Waals surface area contributed by atoms with Gasteiger partial charge in [-0.2, -0.15) is 0 Å². The molecule has 0 heteroatoms. The van der Waals surface area contributed by atoms with E-state index in [2.05, 4.69) is 0 Å². The summed E-state index contributed by atoms with van der Waals surface area (Å²) in [6, 6.07) is 0. The van der Waals surface area contributed by atoms with Crippen LogP contribution in [-0.2, 0) is 0 Å². The molecule has 0 bridgehead atoms. The second kappa shape index (κ2) is 4.82. The number of rotatable bonds is 0. The van der Waals surface area contributed by atoms with Crippen molar-refractivity contribution in [2.75, 3.05) is 0 Å². The van der Waals surface area contributed by atoms with Gasteiger partial charge in [0.1, 0.15) is 0 Å². The van der Waals surface area contributed by atoms with Crippen LogP contribution in [0.3, 0.4) is 0 Å². The standard InChI is InChI=1S/C75H56/c1-5-2-8-12-16-20-24-28-32-36-40-44-48-52-50-46-42-38-34-30-26-22-18-14-10-4-6-3-9-13-17-21-25-29-33-37-41-45-49-51-47-43-39-35-31-27-23-19-15-11-7(1)53(5,8)55(11,12)57(15,16)59(19,20)61(23,24)63(27,28)65(31,32)67(35,36)69(39,40)71(43,44)73(47,48)75(51,52)74(49,50)72(45,46)70(41,42)68(37,38)66(33,34)64(29,30)62(25,26)60(21,22)58(17,18)56(13,14)54(6,9)10/h5-52H,1-4H2. The Morgan fingerprint density at radius 1 is 0.120 bits per heavy atom. The first kappa shape index (κ1) is 27.6. The number of fused-ring (bicyclic) bond motifs is 44. The molecule has 356 valence electrons. The highest BCUT2D eigenvalue weighted by Gasteiger charge is 3.44. The summed E-state index contributed by atoms with van der Waals surface area (Å²) in [4.78, 5) is 0. The van der Waals surface area contributed by atoms with Crippen LogP contribution in [0.1, 0.15) is 25.7 Å². The maximum atomic E-state index is 1.77. The van der Waals surface area contributed by atoms with Gasteiger partial charge in [-0.25, -0.2) is 0 Å². The van der Waals surface area contributed by atoms with Crippen molar-refractivity contribution in [3.63, 3.8) is 0 Å². The van der Waals surface area contributed by atoms with Crippen LogP contribution in [0.15, 0.2) is 0 Å². The van der Waals surface area contributed by atoms with E-state index in [1.165, 1.54) is 284 Å². The normalized spacial score (nSPS) is 129. The summed E-state index contributed by atoms with van der Waals surface area (Å²) in [5, 5.41) is 0. The Labute approximate surface area is 431 Å². The van der Waals surface area contributed by atoms with Crippen LogP contribution >= 0.6 is 0 Å². The molecule has 0 radical (unpaired) electrons. The molecular weight excluding hydrogens is 901 g/mol. The van der Waals surface area contributed by atoms with Crippen molar-refractivity contribution in [2.24, 2.45) is 409 Å². The van der Waals surface area contributed by atoms with Crippen molar-refractivity contribution in [1.29, 1.82) is 0 Å². The maximum Gasteiger partial charge on any atom is -0.00932 e. The molecule has 44 atom stereocenters. The number of hydrogen-bond acceptors (Lipinski definition) is 0. The van der Waals surface area contributed by atoms with Gasteiger partial charge in [0, 0.05) is 0 Å². The highest BCUT2D eigenvalue weighted by Crippen LogP contribution is 3.46. The summed E-state index contributed by atoms with van der Waals surface area (Å²) >= 11 is 0. The summed E-state index contributed by atoms with van der Waals surface area (Å²) in [5.74, 6) is 66.5. The van der Waals surface area contributed by atoms with Crippen molar-refractivity contribution in [2.45, 2.75) is 25.7 Å². The molecule has 23 spiro atoms. The van der Waals surface area contributed by atoms with Crippen LogP contribution < -0.4 is 0 Å². The molecule has 0 heterocycles. The van der Waals surface area contributed by atoms with Gasteiger partial charge in [-0.3, -0.25) is 0 Å². The summed E-state index contributed by atoms with van der Waals surface area (Å²) in [6.07, 6.45) is 7.09. The minimum Gasteiger partial charge on any atom is -0.0461 e. The first-order valence-electron chi connectivity index (χ1n) is 37.3. The molecule has 0 aromatic heterocycles. The molecule has 48 aliphatic carbocycles. The molecule has 0 aromatic carbocycles. The van der Waals surface area contributed by atoms with E-state index in [-0.39, 0.29) is 0 Å². The highest BCUT2D eigenvalue weighted by atomic mass is 15.5. The largest absolute Gasteiger partial charge is 0.0461 e. The van der Waals surface area contributed by atoms with Gasteiger partial charge < -0.3 is 0 Å². The van der Waals surface area contributed by atoms with Gasteiger partial charge in [0.25, 0.3) is 0 Å². The van der Waals surface area contributed by atoms with Crippen LogP contribution in [0.2, 0.25) is 0 Å². The molecule has 0 aromatic rings. The van der Waals surface area contributed by atoms with Gasteiger partial charge in [0.15, 0.2) is 0 Å². The molecule has 48 aliphatic rings. The minimum atomic E-state index is 1.07. The fraction of sp³-hybridized carbons (Fsp3) is 1.00. The van der Waals surface area contributed by atoms with Gasteiger partial charge in [0.2, 0.25) is 0 Å². The zero-order valence-electron chi connectivity index (χ0n) is 42.0. The van der Waals surface area contributed by atoms with E-state index >= 15 is 0 Å². The molecule has 0 saturated heterocycles. The molecule has 48 saturated carbocycles. The average Bonchev–Trinajstić information content (AvgIpc) is 0.504. The average molecular weight is 957 g/mol. The molecule has 48 fully saturated rings. The van der Waals surface area contributed by atoms with Crippen molar-refractivity contribution in [3.05, 3.63) is 0 Å². The van der Waals surface area contributed by atoms with E-state index in [0.717, 1.165) is 125 Å². The lowest BCUT2D eigenvalue weighted by Crippen LogP contribution is -3.40. The van der Waals surface area contributed by atoms with Gasteiger partial charge in [-0.1, -0.05) is 0 Å². The van der Waals surface area contributed by atoms with Crippen molar-refractivity contribution < 1.29 is 0 Å². The van der Waals surface area contributed by atoms with E-state index in [4.69, 9.17) is 0 Å². The summed E-state index contributed by atoms with van der Waals surface area (Å²) < 4.78 is 0. The predicted molar refractivity (Wildman–Crippen MR) is 242 cm³/mol. The predicted octanol–water partition coefficient (Wildman–Crippen LogP) is 7.46. The van der Waals surface area contributed by atoms with Gasteiger partial charge in [-0.05, 0) is 434 Å². The summed E-state index contributed by atoms with van der Waals surface area (Å²) in [6.45, 7) is 0. The lowest BCUT2D eigenvalue weighted by molar-refractivity contribution is -0.964. The zero-order chi connectivity index (χ0) is 42.0. The molecule has 44 unspecified atom stereocenters. The van der Waals surface area contributed by atoms with Crippen LogP contribution in [-0.4, -0.2) is 0 Å². The fourth-order valence-corrected chi connectivity index (χ4v) is 72.1. The van der Waals surface area contributed by atoms with Crippen LogP contribution in [0.25, 0.3) is 0 Å². The third kappa shape index (κ3) is 0.835.